The van der Waals surface area contributed by atoms with Crippen LogP contribution in [0.3, 0.4) is 0 Å². The number of halogens is 6. The maximum absolute atomic E-state index is 7.98. The van der Waals surface area contributed by atoms with Crippen LogP contribution in [0.1, 0.15) is 43.4 Å². The van der Waals surface area contributed by atoms with Crippen molar-refractivity contribution in [3.63, 3.8) is 0 Å². The number of rotatable bonds is 3. The zero-order valence-electron chi connectivity index (χ0n) is 17.0. The van der Waals surface area contributed by atoms with Crippen LogP contribution in [-0.4, -0.2) is 5.92 Å². The van der Waals surface area contributed by atoms with Gasteiger partial charge < -0.3 is 0 Å². The van der Waals surface area contributed by atoms with E-state index in [1.54, 1.807) is 12.1 Å². The predicted molar refractivity (Wildman–Crippen MR) is 136 cm³/mol. The summed E-state index contributed by atoms with van der Waals surface area (Å²) in [6.07, 6.45) is 4.26. The number of benzene rings is 2. The van der Waals surface area contributed by atoms with E-state index in [0.717, 1.165) is 22.3 Å². The quantitative estimate of drug-likeness (QED) is 0.301. The minimum absolute atomic E-state index is 0.0512. The summed E-state index contributed by atoms with van der Waals surface area (Å²) in [5, 5.41) is 2.49. The molecular formula is C22H21Cl6SiZr. The third-order valence-electron chi connectivity index (χ3n) is 6.74. The van der Waals surface area contributed by atoms with Crippen molar-refractivity contribution < 1.29 is 15.6 Å². The van der Waals surface area contributed by atoms with Crippen LogP contribution in [0.15, 0.2) is 35.4 Å². The molecule has 0 spiro atoms. The Morgan fingerprint density at radius 2 is 1.07 bits per heavy atom. The normalized spacial score (nSPS) is 21.8. The van der Waals surface area contributed by atoms with Gasteiger partial charge in [-0.25, -0.2) is 0 Å². The first kappa shape index (κ1) is 23.9. The van der Waals surface area contributed by atoms with E-state index < -0.39 is 21.5 Å². The molecule has 2 aromatic carbocycles. The van der Waals surface area contributed by atoms with Crippen LogP contribution in [0.4, 0.5) is 0 Å². The topological polar surface area (TPSA) is 0 Å². The monoisotopic (exact) mass is 613 g/mol. The molecule has 30 heavy (non-hydrogen) atoms. The van der Waals surface area contributed by atoms with Crippen molar-refractivity contribution in [3.05, 3.63) is 77.8 Å². The molecule has 2 aromatic rings. The van der Waals surface area contributed by atoms with Crippen LogP contribution in [0.2, 0.25) is 33.2 Å². The zero-order valence-corrected chi connectivity index (χ0v) is 25.1. The Labute approximate surface area is 206 Å². The molecule has 2 unspecified atom stereocenters. The number of hydrogen-bond acceptors (Lipinski definition) is 0. The van der Waals surface area contributed by atoms with Gasteiger partial charge in [-0.2, -0.15) is 0 Å². The van der Waals surface area contributed by atoms with E-state index in [-0.39, 0.29) is 7.25 Å². The summed E-state index contributed by atoms with van der Waals surface area (Å²) in [6.45, 7) is 8.79. The van der Waals surface area contributed by atoms with Crippen molar-refractivity contribution in [3.8, 4) is 0 Å². The Morgan fingerprint density at radius 1 is 0.700 bits per heavy atom. The molecule has 159 valence electrons. The zero-order chi connectivity index (χ0) is 22.2. The summed E-state index contributed by atoms with van der Waals surface area (Å²) in [5.74, 6) is -1.59. The molecule has 8 heteroatoms. The van der Waals surface area contributed by atoms with Crippen LogP contribution in [0.5, 0.6) is 0 Å². The molecule has 0 amide bonds. The van der Waals surface area contributed by atoms with Gasteiger partial charge in [0.2, 0.25) is 0 Å². The fourth-order valence-electron chi connectivity index (χ4n) is 5.40. The molecule has 2 aliphatic carbocycles. The van der Waals surface area contributed by atoms with Gasteiger partial charge in [-0.3, -0.25) is 0 Å². The number of hydrogen-bond donors (Lipinski definition) is 0. The first-order valence-electron chi connectivity index (χ1n) is 9.77. The molecule has 0 aliphatic heterocycles. The summed E-state index contributed by atoms with van der Waals surface area (Å²) in [4.78, 5) is 0. The van der Waals surface area contributed by atoms with Gasteiger partial charge >= 0.3 is 209 Å². The maximum atomic E-state index is 7.98. The number of fused-ring (bicyclic) bond motifs is 2. The standard InChI is InChI=1S/2C10H7Cl2.C2H7Si.2ClH.Zr/c2*1-6-2-7-4-8(11)5-10(12)9(7)3-6;1-3-2;;;/h2*2-5H,1H3;3H,1-2H3;2*1H;/q;;;;;+2/p-2. The van der Waals surface area contributed by atoms with E-state index in [9.17, 15) is 0 Å². The molecule has 0 heterocycles. The van der Waals surface area contributed by atoms with E-state index in [0.29, 0.717) is 20.1 Å². The summed E-state index contributed by atoms with van der Waals surface area (Å²) >= 11 is 21.3. The van der Waals surface area contributed by atoms with Gasteiger partial charge in [0.15, 0.2) is 0 Å². The molecular weight excluding hydrogens is 596 g/mol. The van der Waals surface area contributed by atoms with Crippen molar-refractivity contribution in [1.29, 1.82) is 0 Å². The van der Waals surface area contributed by atoms with Gasteiger partial charge in [0, 0.05) is 0 Å². The van der Waals surface area contributed by atoms with E-state index in [2.05, 4.69) is 39.1 Å². The van der Waals surface area contributed by atoms with E-state index in [1.165, 1.54) is 11.1 Å². The average molecular weight is 617 g/mol. The van der Waals surface area contributed by atoms with Crippen molar-refractivity contribution in [2.75, 3.05) is 0 Å². The molecule has 0 radical (unpaired) electrons. The SMILES string of the molecule is CC1=Cc2c(Cl)cc(Cl)cc2[CH]1[Zr]([Cl])([Cl])([CH]1C(C)=Cc2c(Cl)cc(Cl)cc21)[SiH](C)C. The summed E-state index contributed by atoms with van der Waals surface area (Å²) in [6, 6.07) is 7.55. The van der Waals surface area contributed by atoms with Crippen molar-refractivity contribution in [1.82, 2.24) is 0 Å². The molecule has 4 rings (SSSR count). The van der Waals surface area contributed by atoms with E-state index in [4.69, 9.17) is 63.4 Å². The molecule has 2 atom stereocenters. The van der Waals surface area contributed by atoms with Crippen LogP contribution in [-0.2, 0) is 15.6 Å². The Bertz CT molecular complexity index is 1070. The third kappa shape index (κ3) is 3.40. The van der Waals surface area contributed by atoms with Gasteiger partial charge in [0.1, 0.15) is 0 Å². The third-order valence-corrected chi connectivity index (χ3v) is 60.1. The van der Waals surface area contributed by atoms with Crippen molar-refractivity contribution in [2.24, 2.45) is 0 Å². The van der Waals surface area contributed by atoms with Gasteiger partial charge in [-0.15, -0.1) is 0 Å². The van der Waals surface area contributed by atoms with Crippen LogP contribution < -0.4 is 0 Å². The molecule has 0 saturated heterocycles. The van der Waals surface area contributed by atoms with Crippen molar-refractivity contribution in [2.45, 2.75) is 34.2 Å². The molecule has 2 aliphatic rings. The Morgan fingerprint density at radius 3 is 1.40 bits per heavy atom. The predicted octanol–water partition coefficient (Wildman–Crippen LogP) is 9.90. The summed E-state index contributed by atoms with van der Waals surface area (Å²) in [7, 11) is 16.0. The molecule has 0 N–H and O–H groups in total. The first-order chi connectivity index (χ1) is 13.9. The van der Waals surface area contributed by atoms with Gasteiger partial charge in [-0.05, 0) is 0 Å². The molecule has 0 bridgehead atoms. The fourth-order valence-corrected chi connectivity index (χ4v) is 39.4. The first-order valence-corrected chi connectivity index (χ1v) is 27.6. The second kappa shape index (κ2) is 7.92. The second-order valence-electron chi connectivity index (χ2n) is 8.80. The van der Waals surface area contributed by atoms with Gasteiger partial charge in [0.25, 0.3) is 0 Å². The average Bonchev–Trinajstić information content (AvgIpc) is 3.12. The fraction of sp³-hybridized carbons (Fsp3) is 0.273. The van der Waals surface area contributed by atoms with Crippen LogP contribution in [0, 0.1) is 0 Å². The van der Waals surface area contributed by atoms with E-state index >= 15 is 0 Å². The Kier molecular flexibility index (Phi) is 6.31. The summed E-state index contributed by atoms with van der Waals surface area (Å²) < 4.78 is -0.102. The van der Waals surface area contributed by atoms with Gasteiger partial charge in [0.05, 0.1) is 0 Å². The Hall–Kier alpha value is 0.760. The molecule has 0 nitrogen and oxygen atoms in total. The van der Waals surface area contributed by atoms with Crippen LogP contribution >= 0.6 is 63.4 Å². The Balaban J connectivity index is 2.03. The van der Waals surface area contributed by atoms with Gasteiger partial charge in [-0.1, -0.05) is 0 Å². The number of allylic oxidation sites excluding steroid dienone is 2. The van der Waals surface area contributed by atoms with Crippen molar-refractivity contribution >= 4 is 81.5 Å². The van der Waals surface area contributed by atoms with Crippen LogP contribution in [0.25, 0.3) is 12.2 Å². The second-order valence-corrected chi connectivity index (χ2v) is 53.0. The summed E-state index contributed by atoms with van der Waals surface area (Å²) in [5.41, 5.74) is 6.45. The molecule has 0 fully saturated rings. The molecule has 0 saturated carbocycles. The molecule has 0 aromatic heterocycles. The van der Waals surface area contributed by atoms with E-state index in [1.807, 2.05) is 12.1 Å². The minimum atomic E-state index is -4.67.